The number of carbonyl (C=O) groups is 1. The summed E-state index contributed by atoms with van der Waals surface area (Å²) in [5, 5.41) is 9.15. The summed E-state index contributed by atoms with van der Waals surface area (Å²) in [6.07, 6.45) is 0.0821. The minimum atomic E-state index is -0.798. The number of methoxy groups -OCH3 is 1. The zero-order valence-corrected chi connectivity index (χ0v) is 12.9. The van der Waals surface area contributed by atoms with Crippen LogP contribution in [0.4, 0.5) is 0 Å². The van der Waals surface area contributed by atoms with Crippen molar-refractivity contribution in [3.8, 4) is 5.75 Å². The van der Waals surface area contributed by atoms with E-state index < -0.39 is 5.97 Å². The molecular formula is C14H18BrNO4. The molecule has 0 radical (unpaired) electrons. The van der Waals surface area contributed by atoms with Gasteiger partial charge in [-0.3, -0.25) is 9.69 Å². The van der Waals surface area contributed by atoms with Crippen molar-refractivity contribution in [2.24, 2.45) is 0 Å². The van der Waals surface area contributed by atoms with E-state index in [0.29, 0.717) is 13.2 Å². The molecule has 1 aromatic rings. The Labute approximate surface area is 126 Å². The molecule has 0 spiro atoms. The van der Waals surface area contributed by atoms with Gasteiger partial charge in [-0.25, -0.2) is 0 Å². The lowest BCUT2D eigenvalue weighted by Gasteiger charge is -2.34. The number of morpholine rings is 1. The van der Waals surface area contributed by atoms with Crippen LogP contribution in [0.1, 0.15) is 18.0 Å². The minimum Gasteiger partial charge on any atom is -0.496 e. The van der Waals surface area contributed by atoms with Crippen molar-refractivity contribution in [3.05, 3.63) is 28.2 Å². The lowest BCUT2D eigenvalue weighted by atomic mass is 10.0. The maximum atomic E-state index is 11.1. The Bertz CT molecular complexity index is 474. The van der Waals surface area contributed by atoms with Crippen molar-refractivity contribution in [2.75, 3.05) is 33.4 Å². The van der Waals surface area contributed by atoms with Crippen molar-refractivity contribution in [3.63, 3.8) is 0 Å². The fourth-order valence-corrected chi connectivity index (χ4v) is 2.96. The molecule has 1 heterocycles. The van der Waals surface area contributed by atoms with Gasteiger partial charge in [-0.2, -0.15) is 0 Å². The third kappa shape index (κ3) is 3.71. The molecular weight excluding hydrogens is 326 g/mol. The van der Waals surface area contributed by atoms with Crippen LogP contribution >= 0.6 is 15.9 Å². The molecule has 2 rings (SSSR count). The lowest BCUT2D eigenvalue weighted by molar-refractivity contribution is -0.139. The average molecular weight is 344 g/mol. The molecule has 1 fully saturated rings. The van der Waals surface area contributed by atoms with Gasteiger partial charge in [0.2, 0.25) is 0 Å². The van der Waals surface area contributed by atoms with Crippen LogP contribution in [-0.4, -0.2) is 49.4 Å². The second-order valence-corrected chi connectivity index (χ2v) is 5.51. The Morgan fingerprint density at radius 3 is 2.75 bits per heavy atom. The van der Waals surface area contributed by atoms with E-state index in [1.807, 2.05) is 18.2 Å². The SMILES string of the molecule is COc1ccc(C(CC(=O)O)N2CCOCC2)cc1Br. The van der Waals surface area contributed by atoms with Crippen molar-refractivity contribution < 1.29 is 19.4 Å². The van der Waals surface area contributed by atoms with Crippen LogP contribution in [0.2, 0.25) is 0 Å². The first-order chi connectivity index (χ1) is 9.61. The first-order valence-corrected chi connectivity index (χ1v) is 7.28. The number of halogens is 1. The molecule has 0 amide bonds. The van der Waals surface area contributed by atoms with E-state index >= 15 is 0 Å². The van der Waals surface area contributed by atoms with E-state index in [-0.39, 0.29) is 12.5 Å². The summed E-state index contributed by atoms with van der Waals surface area (Å²) in [7, 11) is 1.61. The summed E-state index contributed by atoms with van der Waals surface area (Å²) in [5.41, 5.74) is 0.974. The predicted molar refractivity (Wildman–Crippen MR) is 78.1 cm³/mol. The Hall–Kier alpha value is -1.11. The third-order valence-electron chi connectivity index (χ3n) is 3.42. The van der Waals surface area contributed by atoms with Crippen LogP contribution in [-0.2, 0) is 9.53 Å². The van der Waals surface area contributed by atoms with E-state index in [4.69, 9.17) is 14.6 Å². The summed E-state index contributed by atoms with van der Waals surface area (Å²) in [6, 6.07) is 5.57. The van der Waals surface area contributed by atoms with Gasteiger partial charge in [0.1, 0.15) is 5.75 Å². The van der Waals surface area contributed by atoms with Gasteiger partial charge in [-0.1, -0.05) is 6.07 Å². The molecule has 1 aliphatic rings. The molecule has 0 saturated carbocycles. The zero-order chi connectivity index (χ0) is 14.5. The van der Waals surface area contributed by atoms with Crippen molar-refractivity contribution >= 4 is 21.9 Å². The van der Waals surface area contributed by atoms with E-state index in [2.05, 4.69) is 20.8 Å². The Morgan fingerprint density at radius 1 is 1.50 bits per heavy atom. The summed E-state index contributed by atoms with van der Waals surface area (Å²) < 4.78 is 11.4. The normalized spacial score (nSPS) is 17.7. The quantitative estimate of drug-likeness (QED) is 0.888. The first kappa shape index (κ1) is 15.3. The largest absolute Gasteiger partial charge is 0.496 e. The van der Waals surface area contributed by atoms with E-state index in [9.17, 15) is 4.79 Å². The standard InChI is InChI=1S/C14H18BrNO4/c1-19-13-3-2-10(8-11(13)15)12(9-14(17)18)16-4-6-20-7-5-16/h2-3,8,12H,4-7,9H2,1H3,(H,17,18). The van der Waals surface area contributed by atoms with Crippen molar-refractivity contribution in [1.82, 2.24) is 4.90 Å². The Kier molecular flexibility index (Phi) is 5.39. The highest BCUT2D eigenvalue weighted by molar-refractivity contribution is 9.10. The molecule has 20 heavy (non-hydrogen) atoms. The number of carboxylic acid groups (broad SMARTS) is 1. The predicted octanol–water partition coefficient (Wildman–Crippen LogP) is 2.31. The van der Waals surface area contributed by atoms with Gasteiger partial charge in [-0.05, 0) is 33.6 Å². The minimum absolute atomic E-state index is 0.0821. The van der Waals surface area contributed by atoms with E-state index in [1.165, 1.54) is 0 Å². The molecule has 6 heteroatoms. The highest BCUT2D eigenvalue weighted by atomic mass is 79.9. The van der Waals surface area contributed by atoms with Gasteiger partial charge in [0.15, 0.2) is 0 Å². The molecule has 1 saturated heterocycles. The van der Waals surface area contributed by atoms with Gasteiger partial charge in [0.05, 0.1) is 31.2 Å². The molecule has 5 nitrogen and oxygen atoms in total. The molecule has 1 aliphatic heterocycles. The van der Waals surface area contributed by atoms with E-state index in [0.717, 1.165) is 28.9 Å². The third-order valence-corrected chi connectivity index (χ3v) is 4.03. The fraction of sp³-hybridized carbons (Fsp3) is 0.500. The molecule has 1 N–H and O–H groups in total. The van der Waals surface area contributed by atoms with Gasteiger partial charge in [0.25, 0.3) is 0 Å². The molecule has 0 aliphatic carbocycles. The fourth-order valence-electron chi connectivity index (χ4n) is 2.40. The van der Waals surface area contributed by atoms with Gasteiger partial charge in [-0.15, -0.1) is 0 Å². The van der Waals surface area contributed by atoms with Crippen LogP contribution < -0.4 is 4.74 Å². The zero-order valence-electron chi connectivity index (χ0n) is 11.3. The summed E-state index contributed by atoms with van der Waals surface area (Å²) in [6.45, 7) is 2.80. The highest BCUT2D eigenvalue weighted by Gasteiger charge is 2.25. The topological polar surface area (TPSA) is 59.0 Å². The summed E-state index contributed by atoms with van der Waals surface area (Å²) in [5.74, 6) is -0.0572. The summed E-state index contributed by atoms with van der Waals surface area (Å²) in [4.78, 5) is 13.3. The molecule has 1 unspecified atom stereocenters. The Balaban J connectivity index is 2.25. The maximum Gasteiger partial charge on any atom is 0.305 e. The maximum absolute atomic E-state index is 11.1. The first-order valence-electron chi connectivity index (χ1n) is 6.49. The van der Waals surface area contributed by atoms with Gasteiger partial charge < -0.3 is 14.6 Å². The number of hydrogen-bond acceptors (Lipinski definition) is 4. The molecule has 1 aromatic carbocycles. The monoisotopic (exact) mass is 343 g/mol. The number of ether oxygens (including phenoxy) is 2. The van der Waals surface area contributed by atoms with Crippen LogP contribution in [0, 0.1) is 0 Å². The number of carboxylic acids is 1. The molecule has 110 valence electrons. The van der Waals surface area contributed by atoms with Crippen molar-refractivity contribution in [1.29, 1.82) is 0 Å². The molecule has 0 bridgehead atoms. The summed E-state index contributed by atoms with van der Waals surface area (Å²) >= 11 is 3.45. The number of rotatable bonds is 5. The van der Waals surface area contributed by atoms with Crippen molar-refractivity contribution in [2.45, 2.75) is 12.5 Å². The number of aliphatic carboxylic acids is 1. The number of nitrogens with zero attached hydrogens (tertiary/aromatic N) is 1. The average Bonchev–Trinajstić information content (AvgIpc) is 2.45. The Morgan fingerprint density at radius 2 is 2.20 bits per heavy atom. The van der Waals surface area contributed by atoms with Gasteiger partial charge in [0, 0.05) is 19.1 Å². The van der Waals surface area contributed by atoms with Crippen LogP contribution in [0.25, 0.3) is 0 Å². The lowest BCUT2D eigenvalue weighted by Crippen LogP contribution is -2.39. The van der Waals surface area contributed by atoms with E-state index in [1.54, 1.807) is 7.11 Å². The smallest absolute Gasteiger partial charge is 0.305 e. The molecule has 0 aromatic heterocycles. The number of hydrogen-bond donors (Lipinski definition) is 1. The molecule has 1 atom stereocenters. The second kappa shape index (κ2) is 7.06. The van der Waals surface area contributed by atoms with Gasteiger partial charge >= 0.3 is 5.97 Å². The number of benzene rings is 1. The highest BCUT2D eigenvalue weighted by Crippen LogP contribution is 2.32. The van der Waals surface area contributed by atoms with Crippen LogP contribution in [0.5, 0.6) is 5.75 Å². The van der Waals surface area contributed by atoms with Crippen LogP contribution in [0.15, 0.2) is 22.7 Å². The van der Waals surface area contributed by atoms with Crippen LogP contribution in [0.3, 0.4) is 0 Å². The second-order valence-electron chi connectivity index (χ2n) is 4.66.